The summed E-state index contributed by atoms with van der Waals surface area (Å²) < 4.78 is 0. The van der Waals surface area contributed by atoms with Crippen molar-refractivity contribution in [3.63, 3.8) is 0 Å². The predicted octanol–water partition coefficient (Wildman–Crippen LogP) is 1.35. The van der Waals surface area contributed by atoms with E-state index in [-0.39, 0.29) is 0 Å². The minimum Gasteiger partial charge on any atom is -0.276 e. The van der Waals surface area contributed by atoms with Gasteiger partial charge in [-0.25, -0.2) is 0 Å². The van der Waals surface area contributed by atoms with E-state index >= 15 is 0 Å². The minimum atomic E-state index is 0.872. The van der Waals surface area contributed by atoms with Crippen LogP contribution >= 0.6 is 0 Å². The molecule has 3 aromatic rings. The zero-order valence-corrected chi connectivity index (χ0v) is 7.23. The number of fused-ring (bicyclic) bond motifs is 1. The van der Waals surface area contributed by atoms with Crippen LogP contribution in [0.15, 0.2) is 30.7 Å². The monoisotopic (exact) mass is 185 g/mol. The molecule has 3 heterocycles. The number of aromatic amines is 2. The van der Waals surface area contributed by atoms with Crippen molar-refractivity contribution in [1.82, 2.24) is 25.4 Å². The van der Waals surface area contributed by atoms with Crippen molar-refractivity contribution in [3.05, 3.63) is 30.7 Å². The largest absolute Gasteiger partial charge is 0.276 e. The maximum absolute atomic E-state index is 4.28. The van der Waals surface area contributed by atoms with Gasteiger partial charge in [0.2, 0.25) is 0 Å². The Balaban J connectivity index is 2.23. The Labute approximate surface area is 79.2 Å². The lowest BCUT2D eigenvalue weighted by atomic mass is 10.2. The van der Waals surface area contributed by atoms with Crippen LogP contribution in [0.25, 0.3) is 22.3 Å². The lowest BCUT2D eigenvalue weighted by Crippen LogP contribution is -1.83. The minimum absolute atomic E-state index is 0.872. The first-order chi connectivity index (χ1) is 6.93. The van der Waals surface area contributed by atoms with Gasteiger partial charge in [0.15, 0.2) is 0 Å². The van der Waals surface area contributed by atoms with E-state index in [2.05, 4.69) is 25.4 Å². The summed E-state index contributed by atoms with van der Waals surface area (Å²) in [6, 6.07) is 3.85. The van der Waals surface area contributed by atoms with E-state index in [4.69, 9.17) is 0 Å². The Bertz CT molecular complexity index is 551. The van der Waals surface area contributed by atoms with Crippen LogP contribution in [0, 0.1) is 0 Å². The average molecular weight is 185 g/mol. The molecule has 0 radical (unpaired) electrons. The molecule has 0 atom stereocenters. The van der Waals surface area contributed by atoms with E-state index in [1.807, 2.05) is 12.1 Å². The number of rotatable bonds is 1. The lowest BCUT2D eigenvalue weighted by molar-refractivity contribution is 1.09. The van der Waals surface area contributed by atoms with Crippen molar-refractivity contribution in [1.29, 1.82) is 0 Å². The Hall–Kier alpha value is -2.17. The average Bonchev–Trinajstić information content (AvgIpc) is 2.88. The summed E-state index contributed by atoms with van der Waals surface area (Å²) in [5, 5.41) is 14.6. The van der Waals surface area contributed by atoms with Crippen LogP contribution in [0.1, 0.15) is 0 Å². The maximum Gasteiger partial charge on any atom is 0.0888 e. The molecule has 14 heavy (non-hydrogen) atoms. The molecule has 0 saturated heterocycles. The third-order valence-corrected chi connectivity index (χ3v) is 2.10. The smallest absolute Gasteiger partial charge is 0.0888 e. The molecule has 0 unspecified atom stereocenters. The highest BCUT2D eigenvalue weighted by Gasteiger charge is 2.02. The number of aromatic nitrogens is 5. The third-order valence-electron chi connectivity index (χ3n) is 2.10. The zero-order chi connectivity index (χ0) is 9.38. The van der Waals surface area contributed by atoms with Crippen molar-refractivity contribution < 1.29 is 0 Å². The fourth-order valence-electron chi connectivity index (χ4n) is 1.39. The highest BCUT2D eigenvalue weighted by Crippen LogP contribution is 2.17. The topological polar surface area (TPSA) is 70.2 Å². The predicted molar refractivity (Wildman–Crippen MR) is 51.5 cm³/mol. The van der Waals surface area contributed by atoms with Crippen molar-refractivity contribution in [2.75, 3.05) is 0 Å². The molecular weight excluding hydrogens is 178 g/mol. The third kappa shape index (κ3) is 0.990. The van der Waals surface area contributed by atoms with Crippen LogP contribution in [0.2, 0.25) is 0 Å². The molecule has 68 valence electrons. The summed E-state index contributed by atoms with van der Waals surface area (Å²) in [7, 11) is 0. The van der Waals surface area contributed by atoms with Gasteiger partial charge in [0, 0.05) is 11.6 Å². The van der Waals surface area contributed by atoms with Crippen LogP contribution in [-0.2, 0) is 0 Å². The quantitative estimate of drug-likeness (QED) is 0.601. The van der Waals surface area contributed by atoms with Gasteiger partial charge in [-0.05, 0) is 12.1 Å². The zero-order valence-electron chi connectivity index (χ0n) is 7.23. The van der Waals surface area contributed by atoms with Gasteiger partial charge < -0.3 is 0 Å². The van der Waals surface area contributed by atoms with Crippen molar-refractivity contribution >= 4 is 10.9 Å². The number of hydrogen-bond acceptors (Lipinski definition) is 3. The first-order valence-electron chi connectivity index (χ1n) is 4.22. The Kier molecular flexibility index (Phi) is 1.38. The van der Waals surface area contributed by atoms with E-state index in [9.17, 15) is 0 Å². The van der Waals surface area contributed by atoms with Crippen LogP contribution in [0.3, 0.4) is 0 Å². The van der Waals surface area contributed by atoms with Gasteiger partial charge in [0.25, 0.3) is 0 Å². The molecule has 0 amide bonds. The van der Waals surface area contributed by atoms with Gasteiger partial charge in [-0.3, -0.25) is 15.2 Å². The second-order valence-electron chi connectivity index (χ2n) is 3.00. The van der Waals surface area contributed by atoms with Crippen LogP contribution in [0.5, 0.6) is 0 Å². The first kappa shape index (κ1) is 7.25. The van der Waals surface area contributed by atoms with Gasteiger partial charge in [0.05, 0.1) is 29.3 Å². The van der Waals surface area contributed by atoms with E-state index in [1.54, 1.807) is 18.6 Å². The number of pyridine rings is 1. The highest BCUT2D eigenvalue weighted by atomic mass is 15.1. The molecule has 0 saturated carbocycles. The van der Waals surface area contributed by atoms with E-state index in [1.165, 1.54) is 0 Å². The molecule has 0 bridgehead atoms. The Morgan fingerprint density at radius 2 is 2.07 bits per heavy atom. The van der Waals surface area contributed by atoms with E-state index in [0.717, 1.165) is 22.3 Å². The maximum atomic E-state index is 4.28. The number of H-pyrrole nitrogens is 2. The van der Waals surface area contributed by atoms with Gasteiger partial charge in [-0.1, -0.05) is 0 Å². The molecule has 3 rings (SSSR count). The van der Waals surface area contributed by atoms with Gasteiger partial charge in [0.1, 0.15) is 0 Å². The highest BCUT2D eigenvalue weighted by molar-refractivity contribution is 5.80. The molecule has 5 nitrogen and oxygen atoms in total. The van der Waals surface area contributed by atoms with E-state index < -0.39 is 0 Å². The molecule has 2 N–H and O–H groups in total. The normalized spacial score (nSPS) is 10.9. The molecule has 0 fully saturated rings. The second kappa shape index (κ2) is 2.66. The fourth-order valence-corrected chi connectivity index (χ4v) is 1.39. The summed E-state index contributed by atoms with van der Waals surface area (Å²) >= 11 is 0. The number of nitrogens with zero attached hydrogens (tertiary/aromatic N) is 3. The first-order valence-corrected chi connectivity index (χ1v) is 4.22. The standard InChI is InChI=1S/C9H7N5/c1-2-11-13-7(1)8-3-6-4-12-14-9(6)5-10-8/h1-5H,(H,11,13)(H,12,14). The van der Waals surface area contributed by atoms with Crippen molar-refractivity contribution in [2.45, 2.75) is 0 Å². The summed E-state index contributed by atoms with van der Waals surface area (Å²) in [6.07, 6.45) is 5.24. The molecular formula is C9H7N5. The number of hydrogen-bond donors (Lipinski definition) is 2. The lowest BCUT2D eigenvalue weighted by Gasteiger charge is -1.95. The van der Waals surface area contributed by atoms with Crippen molar-refractivity contribution in [3.8, 4) is 11.4 Å². The van der Waals surface area contributed by atoms with Gasteiger partial charge >= 0.3 is 0 Å². The van der Waals surface area contributed by atoms with E-state index in [0.29, 0.717) is 0 Å². The van der Waals surface area contributed by atoms with Gasteiger partial charge in [-0.2, -0.15) is 10.2 Å². The number of nitrogens with one attached hydrogen (secondary N) is 2. The summed E-state index contributed by atoms with van der Waals surface area (Å²) in [6.45, 7) is 0. The molecule has 0 spiro atoms. The fraction of sp³-hybridized carbons (Fsp3) is 0. The summed E-state index contributed by atoms with van der Waals surface area (Å²) in [5.41, 5.74) is 2.72. The molecule has 0 aliphatic heterocycles. The summed E-state index contributed by atoms with van der Waals surface area (Å²) in [5.74, 6) is 0. The van der Waals surface area contributed by atoms with Crippen molar-refractivity contribution in [2.24, 2.45) is 0 Å². The Morgan fingerprint density at radius 3 is 2.93 bits per heavy atom. The molecule has 0 aliphatic rings. The SMILES string of the molecule is c1cc(-c2cc3cn[nH]c3cn2)[nH]n1. The molecule has 0 aromatic carbocycles. The molecule has 0 aliphatic carbocycles. The molecule has 5 heteroatoms. The second-order valence-corrected chi connectivity index (χ2v) is 3.00. The van der Waals surface area contributed by atoms with Crippen LogP contribution in [0.4, 0.5) is 0 Å². The summed E-state index contributed by atoms with van der Waals surface area (Å²) in [4.78, 5) is 4.28. The Morgan fingerprint density at radius 1 is 1.07 bits per heavy atom. The molecule has 3 aromatic heterocycles. The van der Waals surface area contributed by atoms with Crippen LogP contribution in [-0.4, -0.2) is 25.4 Å². The van der Waals surface area contributed by atoms with Gasteiger partial charge in [-0.15, -0.1) is 0 Å². The van der Waals surface area contributed by atoms with Crippen LogP contribution < -0.4 is 0 Å².